The van der Waals surface area contributed by atoms with Gasteiger partial charge in [0, 0.05) is 11.8 Å². The maximum absolute atomic E-state index is 4.35. The van der Waals surface area contributed by atoms with Gasteiger partial charge in [0.15, 0.2) is 0 Å². The lowest BCUT2D eigenvalue weighted by molar-refractivity contribution is 1.30. The second-order valence-electron chi connectivity index (χ2n) is 3.10. The Balaban J connectivity index is 2.53. The van der Waals surface area contributed by atoms with E-state index in [9.17, 15) is 0 Å². The van der Waals surface area contributed by atoms with Gasteiger partial charge in [0.05, 0.1) is 9.43 Å². The van der Waals surface area contributed by atoms with Crippen LogP contribution >= 0.6 is 31.9 Å². The van der Waals surface area contributed by atoms with E-state index in [1.807, 2.05) is 36.5 Å². The van der Waals surface area contributed by atoms with E-state index in [1.165, 1.54) is 5.56 Å². The van der Waals surface area contributed by atoms with Gasteiger partial charge in [0.1, 0.15) is 0 Å². The topological polar surface area (TPSA) is 12.9 Å². The number of hydrogen-bond acceptors (Lipinski definition) is 1. The molecule has 0 atom stereocenters. The predicted molar refractivity (Wildman–Crippen MR) is 70.3 cm³/mol. The summed E-state index contributed by atoms with van der Waals surface area (Å²) < 4.78 is 0.156. The molecule has 76 valence electrons. The smallest absolute Gasteiger partial charge is 0.0953 e. The second kappa shape index (κ2) is 4.90. The van der Waals surface area contributed by atoms with Gasteiger partial charge in [-0.05, 0) is 17.7 Å². The number of pyridine rings is 1. The van der Waals surface area contributed by atoms with Crippen LogP contribution in [-0.2, 0) is 0 Å². The minimum Gasteiger partial charge on any atom is -0.256 e. The maximum atomic E-state index is 4.35. The average Bonchev–Trinajstić information content (AvgIpc) is 2.30. The normalized spacial score (nSPS) is 10.6. The summed E-state index contributed by atoms with van der Waals surface area (Å²) in [5.74, 6) is 0. The lowest BCUT2D eigenvalue weighted by Crippen LogP contribution is -1.89. The highest BCUT2D eigenvalue weighted by Gasteiger charge is 2.09. The third-order valence-electron chi connectivity index (χ3n) is 2.14. The molecule has 0 radical (unpaired) electrons. The van der Waals surface area contributed by atoms with Gasteiger partial charge in [0.2, 0.25) is 0 Å². The van der Waals surface area contributed by atoms with Gasteiger partial charge in [-0.1, -0.05) is 62.2 Å². The molecule has 1 aromatic heterocycles. The van der Waals surface area contributed by atoms with Gasteiger partial charge in [-0.3, -0.25) is 4.98 Å². The van der Waals surface area contributed by atoms with Crippen LogP contribution in [0.15, 0.2) is 48.7 Å². The van der Waals surface area contributed by atoms with Crippen molar-refractivity contribution in [1.29, 1.82) is 0 Å². The molecule has 15 heavy (non-hydrogen) atoms. The first-order chi connectivity index (χ1) is 7.29. The first kappa shape index (κ1) is 10.8. The van der Waals surface area contributed by atoms with Crippen LogP contribution in [0.4, 0.5) is 0 Å². The summed E-state index contributed by atoms with van der Waals surface area (Å²) in [7, 11) is 0. The molecule has 0 saturated heterocycles. The molecule has 0 saturated carbocycles. The molecule has 1 nitrogen and oxygen atoms in total. The Morgan fingerprint density at radius 1 is 0.933 bits per heavy atom. The number of rotatable bonds is 2. The first-order valence-corrected chi connectivity index (χ1v) is 6.40. The van der Waals surface area contributed by atoms with Crippen molar-refractivity contribution in [1.82, 2.24) is 4.98 Å². The molecule has 0 N–H and O–H groups in total. The van der Waals surface area contributed by atoms with Crippen molar-refractivity contribution >= 4 is 31.9 Å². The van der Waals surface area contributed by atoms with E-state index in [4.69, 9.17) is 0 Å². The van der Waals surface area contributed by atoms with Crippen LogP contribution in [0.25, 0.3) is 11.3 Å². The highest BCUT2D eigenvalue weighted by atomic mass is 79.9. The fourth-order valence-corrected chi connectivity index (χ4v) is 2.24. The number of hydrogen-bond donors (Lipinski definition) is 0. The standard InChI is InChI=1S/C12H9Br2N/c13-12(14)10-6-2-1-5-9(10)11-7-3-4-8-15-11/h1-8,12H. The Hall–Kier alpha value is -0.670. The van der Waals surface area contributed by atoms with Crippen molar-refractivity contribution in [2.75, 3.05) is 0 Å². The highest BCUT2D eigenvalue weighted by molar-refractivity contribution is 9.24. The monoisotopic (exact) mass is 325 g/mol. The van der Waals surface area contributed by atoms with Crippen LogP contribution in [0.2, 0.25) is 0 Å². The maximum Gasteiger partial charge on any atom is 0.0953 e. The SMILES string of the molecule is BrC(Br)c1ccccc1-c1ccccn1. The largest absolute Gasteiger partial charge is 0.256 e. The van der Waals surface area contributed by atoms with Gasteiger partial charge in [-0.25, -0.2) is 0 Å². The Bertz CT molecular complexity index is 440. The minimum absolute atomic E-state index is 0.156. The van der Waals surface area contributed by atoms with Gasteiger partial charge < -0.3 is 0 Å². The van der Waals surface area contributed by atoms with E-state index in [0.717, 1.165) is 11.3 Å². The Labute approximate surface area is 106 Å². The molecular weight excluding hydrogens is 318 g/mol. The summed E-state index contributed by atoms with van der Waals surface area (Å²) in [6.45, 7) is 0. The number of halogens is 2. The fraction of sp³-hybridized carbons (Fsp3) is 0.0833. The van der Waals surface area contributed by atoms with E-state index in [0.29, 0.717) is 0 Å². The molecule has 2 aromatic rings. The molecule has 3 heteroatoms. The molecule has 0 aliphatic rings. The summed E-state index contributed by atoms with van der Waals surface area (Å²) in [5, 5.41) is 0. The third-order valence-corrected chi connectivity index (χ3v) is 3.12. The van der Waals surface area contributed by atoms with Crippen LogP contribution in [0.3, 0.4) is 0 Å². The Morgan fingerprint density at radius 3 is 2.33 bits per heavy atom. The van der Waals surface area contributed by atoms with E-state index in [2.05, 4.69) is 49.0 Å². The summed E-state index contributed by atoms with van der Waals surface area (Å²) in [4.78, 5) is 4.35. The molecule has 0 aliphatic heterocycles. The zero-order valence-corrected chi connectivity index (χ0v) is 11.1. The van der Waals surface area contributed by atoms with E-state index in [1.54, 1.807) is 0 Å². The summed E-state index contributed by atoms with van der Waals surface area (Å²) in [6.07, 6.45) is 1.81. The fourth-order valence-electron chi connectivity index (χ4n) is 1.44. The summed E-state index contributed by atoms with van der Waals surface area (Å²) in [6, 6.07) is 14.1. The Morgan fingerprint density at radius 2 is 1.67 bits per heavy atom. The molecule has 1 aromatic carbocycles. The number of nitrogens with zero attached hydrogens (tertiary/aromatic N) is 1. The van der Waals surface area contributed by atoms with Crippen LogP contribution in [0.1, 0.15) is 9.30 Å². The van der Waals surface area contributed by atoms with Crippen molar-refractivity contribution in [3.8, 4) is 11.3 Å². The summed E-state index contributed by atoms with van der Waals surface area (Å²) >= 11 is 7.04. The van der Waals surface area contributed by atoms with E-state index < -0.39 is 0 Å². The molecule has 0 bridgehead atoms. The predicted octanol–water partition coefficient (Wildman–Crippen LogP) is 4.54. The van der Waals surface area contributed by atoms with Gasteiger partial charge in [0.25, 0.3) is 0 Å². The average molecular weight is 327 g/mol. The van der Waals surface area contributed by atoms with Crippen molar-refractivity contribution in [3.63, 3.8) is 0 Å². The highest BCUT2D eigenvalue weighted by Crippen LogP contribution is 2.35. The summed E-state index contributed by atoms with van der Waals surface area (Å²) in [5.41, 5.74) is 3.34. The van der Waals surface area contributed by atoms with Crippen molar-refractivity contribution < 1.29 is 0 Å². The van der Waals surface area contributed by atoms with E-state index >= 15 is 0 Å². The zero-order chi connectivity index (χ0) is 10.7. The third kappa shape index (κ3) is 2.47. The molecule has 0 amide bonds. The molecule has 0 spiro atoms. The van der Waals surface area contributed by atoms with Gasteiger partial charge in [-0.15, -0.1) is 0 Å². The van der Waals surface area contributed by atoms with Crippen LogP contribution in [0, 0.1) is 0 Å². The molecule has 0 fully saturated rings. The van der Waals surface area contributed by atoms with E-state index in [-0.39, 0.29) is 3.74 Å². The van der Waals surface area contributed by atoms with Crippen LogP contribution in [0.5, 0.6) is 0 Å². The molecule has 0 aliphatic carbocycles. The first-order valence-electron chi connectivity index (χ1n) is 4.57. The second-order valence-corrected chi connectivity index (χ2v) is 6.16. The van der Waals surface area contributed by atoms with Crippen molar-refractivity contribution in [2.24, 2.45) is 0 Å². The number of benzene rings is 1. The van der Waals surface area contributed by atoms with Crippen molar-refractivity contribution in [2.45, 2.75) is 3.74 Å². The van der Waals surface area contributed by atoms with Crippen LogP contribution < -0.4 is 0 Å². The quantitative estimate of drug-likeness (QED) is 0.738. The molecule has 1 heterocycles. The lowest BCUT2D eigenvalue weighted by atomic mass is 10.1. The number of alkyl halides is 2. The molecule has 0 unspecified atom stereocenters. The molecular formula is C12H9Br2N. The van der Waals surface area contributed by atoms with Gasteiger partial charge in [-0.2, -0.15) is 0 Å². The molecule has 2 rings (SSSR count). The van der Waals surface area contributed by atoms with Crippen molar-refractivity contribution in [3.05, 3.63) is 54.2 Å². The lowest BCUT2D eigenvalue weighted by Gasteiger charge is -2.09. The minimum atomic E-state index is 0.156. The van der Waals surface area contributed by atoms with Crippen LogP contribution in [-0.4, -0.2) is 4.98 Å². The number of aromatic nitrogens is 1. The Kier molecular flexibility index (Phi) is 3.54. The van der Waals surface area contributed by atoms with Gasteiger partial charge >= 0.3 is 0 Å². The zero-order valence-electron chi connectivity index (χ0n) is 7.90.